The zero-order valence-corrected chi connectivity index (χ0v) is 11.6. The van der Waals surface area contributed by atoms with Crippen LogP contribution in [-0.2, 0) is 0 Å². The Balaban J connectivity index is 2.28. The maximum atomic E-state index is 13.1. The van der Waals surface area contributed by atoms with Crippen LogP contribution in [0.5, 0.6) is 0 Å². The molecule has 0 aromatic heterocycles. The molecule has 0 aliphatic carbocycles. The van der Waals surface area contributed by atoms with E-state index in [9.17, 15) is 14.0 Å². The molecule has 0 atom stereocenters. The zero-order chi connectivity index (χ0) is 14.7. The number of carboxylic acids is 1. The van der Waals surface area contributed by atoms with Crippen molar-refractivity contribution in [2.45, 2.75) is 0 Å². The molecule has 0 spiro atoms. The van der Waals surface area contributed by atoms with Gasteiger partial charge in [-0.25, -0.2) is 9.18 Å². The zero-order valence-electron chi connectivity index (χ0n) is 10.1. The molecule has 2 aromatic carbocycles. The number of aromatic carboxylic acids is 1. The van der Waals surface area contributed by atoms with Crippen LogP contribution in [-0.4, -0.2) is 17.0 Å². The number of rotatable bonds is 3. The highest BCUT2D eigenvalue weighted by molar-refractivity contribution is 9.10. The van der Waals surface area contributed by atoms with E-state index in [1.807, 2.05) is 0 Å². The van der Waals surface area contributed by atoms with Gasteiger partial charge >= 0.3 is 5.97 Å². The summed E-state index contributed by atoms with van der Waals surface area (Å²) in [6, 6.07) is 9.85. The Bertz CT molecular complexity index is 688. The van der Waals surface area contributed by atoms with Gasteiger partial charge in [-0.05, 0) is 46.3 Å². The van der Waals surface area contributed by atoms with E-state index in [-0.39, 0.29) is 21.3 Å². The van der Waals surface area contributed by atoms with Crippen molar-refractivity contribution in [2.75, 3.05) is 5.32 Å². The van der Waals surface area contributed by atoms with Crippen LogP contribution in [0, 0.1) is 5.82 Å². The summed E-state index contributed by atoms with van der Waals surface area (Å²) in [5.74, 6) is -2.13. The van der Waals surface area contributed by atoms with Crippen LogP contribution in [0.4, 0.5) is 10.1 Å². The predicted octanol–water partition coefficient (Wildman–Crippen LogP) is 3.54. The van der Waals surface area contributed by atoms with Crippen molar-refractivity contribution in [3.63, 3.8) is 0 Å². The number of nitrogens with one attached hydrogen (secondary N) is 1. The van der Waals surface area contributed by atoms with Gasteiger partial charge in [0, 0.05) is 5.56 Å². The van der Waals surface area contributed by atoms with Gasteiger partial charge in [-0.15, -0.1) is 0 Å². The Labute approximate surface area is 122 Å². The molecule has 0 aliphatic heterocycles. The van der Waals surface area contributed by atoms with Crippen LogP contribution in [0.25, 0.3) is 0 Å². The summed E-state index contributed by atoms with van der Waals surface area (Å²) in [4.78, 5) is 23.0. The third-order valence-corrected chi connectivity index (χ3v) is 3.20. The highest BCUT2D eigenvalue weighted by Gasteiger charge is 2.13. The molecule has 1 amide bonds. The molecule has 102 valence electrons. The maximum absolute atomic E-state index is 13.1. The molecule has 0 radical (unpaired) electrons. The normalized spacial score (nSPS) is 10.1. The molecule has 0 aliphatic rings. The largest absolute Gasteiger partial charge is 0.478 e. The SMILES string of the molecule is O=C(Nc1ccccc1C(=O)O)c1ccc(F)c(Br)c1. The fourth-order valence-electron chi connectivity index (χ4n) is 1.61. The van der Waals surface area contributed by atoms with Crippen molar-refractivity contribution in [3.05, 3.63) is 63.9 Å². The number of carbonyl (C=O) groups is 2. The van der Waals surface area contributed by atoms with Gasteiger partial charge < -0.3 is 10.4 Å². The maximum Gasteiger partial charge on any atom is 0.337 e. The first-order valence-electron chi connectivity index (χ1n) is 5.58. The summed E-state index contributed by atoms with van der Waals surface area (Å²) < 4.78 is 13.3. The molecule has 0 unspecified atom stereocenters. The van der Waals surface area contributed by atoms with Crippen LogP contribution < -0.4 is 5.32 Å². The Kier molecular flexibility index (Phi) is 4.14. The van der Waals surface area contributed by atoms with Crippen molar-refractivity contribution >= 4 is 33.5 Å². The third-order valence-electron chi connectivity index (χ3n) is 2.59. The monoisotopic (exact) mass is 337 g/mol. The highest BCUT2D eigenvalue weighted by atomic mass is 79.9. The van der Waals surface area contributed by atoms with Crippen LogP contribution in [0.3, 0.4) is 0 Å². The number of hydrogen-bond donors (Lipinski definition) is 2. The van der Waals surface area contributed by atoms with Gasteiger partial charge in [0.15, 0.2) is 0 Å². The summed E-state index contributed by atoms with van der Waals surface area (Å²) in [5.41, 5.74) is 0.394. The van der Waals surface area contributed by atoms with E-state index < -0.39 is 17.7 Å². The number of anilines is 1. The van der Waals surface area contributed by atoms with E-state index in [1.54, 1.807) is 12.1 Å². The van der Waals surface area contributed by atoms with Crippen molar-refractivity contribution < 1.29 is 19.1 Å². The smallest absolute Gasteiger partial charge is 0.337 e. The molecule has 0 bridgehead atoms. The Morgan fingerprint density at radius 2 is 1.85 bits per heavy atom. The molecule has 2 rings (SSSR count). The first-order valence-corrected chi connectivity index (χ1v) is 6.37. The lowest BCUT2D eigenvalue weighted by molar-refractivity contribution is 0.0698. The number of benzene rings is 2. The van der Waals surface area contributed by atoms with Gasteiger partial charge in [-0.3, -0.25) is 4.79 Å². The summed E-state index contributed by atoms with van der Waals surface area (Å²) in [5, 5.41) is 11.5. The minimum atomic E-state index is -1.14. The molecule has 6 heteroatoms. The average molecular weight is 338 g/mol. The topological polar surface area (TPSA) is 66.4 Å². The Hall–Kier alpha value is -2.21. The van der Waals surface area contributed by atoms with E-state index in [0.717, 1.165) is 6.07 Å². The van der Waals surface area contributed by atoms with Gasteiger partial charge in [-0.2, -0.15) is 0 Å². The fraction of sp³-hybridized carbons (Fsp3) is 0. The molecule has 2 aromatic rings. The van der Waals surface area contributed by atoms with E-state index in [1.165, 1.54) is 24.3 Å². The molecule has 2 N–H and O–H groups in total. The lowest BCUT2D eigenvalue weighted by atomic mass is 10.1. The summed E-state index contributed by atoms with van der Waals surface area (Å²) in [6.07, 6.45) is 0. The van der Waals surface area contributed by atoms with Gasteiger partial charge in [0.2, 0.25) is 0 Å². The van der Waals surface area contributed by atoms with Gasteiger partial charge in [0.05, 0.1) is 15.7 Å². The first-order chi connectivity index (χ1) is 9.49. The number of carboxylic acid groups (broad SMARTS) is 1. The van der Waals surface area contributed by atoms with Crippen molar-refractivity contribution in [1.29, 1.82) is 0 Å². The molecular formula is C14H9BrFNO3. The quantitative estimate of drug-likeness (QED) is 0.900. The summed E-state index contributed by atoms with van der Waals surface area (Å²) in [6.45, 7) is 0. The summed E-state index contributed by atoms with van der Waals surface area (Å²) >= 11 is 2.99. The number of carbonyl (C=O) groups excluding carboxylic acids is 1. The van der Waals surface area contributed by atoms with E-state index in [4.69, 9.17) is 5.11 Å². The molecule has 4 nitrogen and oxygen atoms in total. The third kappa shape index (κ3) is 3.03. The van der Waals surface area contributed by atoms with Crippen LogP contribution in [0.15, 0.2) is 46.9 Å². The molecule has 0 saturated carbocycles. The minimum absolute atomic E-state index is 0.0120. The van der Waals surface area contributed by atoms with Crippen molar-refractivity contribution in [3.8, 4) is 0 Å². The van der Waals surface area contributed by atoms with Gasteiger partial charge in [-0.1, -0.05) is 12.1 Å². The van der Waals surface area contributed by atoms with Gasteiger partial charge in [0.25, 0.3) is 5.91 Å². The molecular weight excluding hydrogens is 329 g/mol. The molecule has 0 fully saturated rings. The van der Waals surface area contributed by atoms with E-state index >= 15 is 0 Å². The lowest BCUT2D eigenvalue weighted by Gasteiger charge is -2.08. The van der Waals surface area contributed by atoms with E-state index in [0.29, 0.717) is 0 Å². The van der Waals surface area contributed by atoms with Crippen LogP contribution >= 0.6 is 15.9 Å². The number of hydrogen-bond acceptors (Lipinski definition) is 2. The molecule has 20 heavy (non-hydrogen) atoms. The second kappa shape index (κ2) is 5.83. The number of para-hydroxylation sites is 1. The van der Waals surface area contributed by atoms with Crippen molar-refractivity contribution in [1.82, 2.24) is 0 Å². The fourth-order valence-corrected chi connectivity index (χ4v) is 1.99. The second-order valence-electron chi connectivity index (χ2n) is 3.93. The van der Waals surface area contributed by atoms with Crippen molar-refractivity contribution in [2.24, 2.45) is 0 Å². The van der Waals surface area contributed by atoms with Gasteiger partial charge in [0.1, 0.15) is 5.82 Å². The molecule has 0 heterocycles. The lowest BCUT2D eigenvalue weighted by Crippen LogP contribution is -2.14. The second-order valence-corrected chi connectivity index (χ2v) is 4.79. The standard InChI is InChI=1S/C14H9BrFNO3/c15-10-7-8(5-6-11(10)16)13(18)17-12-4-2-1-3-9(12)14(19)20/h1-7H,(H,17,18)(H,19,20). The minimum Gasteiger partial charge on any atom is -0.478 e. The van der Waals surface area contributed by atoms with E-state index in [2.05, 4.69) is 21.2 Å². The highest BCUT2D eigenvalue weighted by Crippen LogP contribution is 2.19. The predicted molar refractivity (Wildman–Crippen MR) is 75.5 cm³/mol. The molecule has 0 saturated heterocycles. The number of halogens is 2. The average Bonchev–Trinajstić information content (AvgIpc) is 2.42. The van der Waals surface area contributed by atoms with Crippen LogP contribution in [0.1, 0.15) is 20.7 Å². The number of amides is 1. The van der Waals surface area contributed by atoms with Crippen LogP contribution in [0.2, 0.25) is 0 Å². The Morgan fingerprint density at radius 3 is 2.50 bits per heavy atom. The Morgan fingerprint density at radius 1 is 1.15 bits per heavy atom. The summed E-state index contributed by atoms with van der Waals surface area (Å²) in [7, 11) is 0. The first kappa shape index (κ1) is 14.2.